The summed E-state index contributed by atoms with van der Waals surface area (Å²) in [6.07, 6.45) is 0. The van der Waals surface area contributed by atoms with Crippen LogP contribution in [0, 0.1) is 0 Å². The molecule has 0 atom stereocenters. The van der Waals surface area contributed by atoms with Crippen molar-refractivity contribution in [2.24, 2.45) is 0 Å². The van der Waals surface area contributed by atoms with Gasteiger partial charge in [-0.1, -0.05) is 0 Å². The Hall–Kier alpha value is -0.400. The summed E-state index contributed by atoms with van der Waals surface area (Å²) in [5, 5.41) is 0. The Kier molecular flexibility index (Phi) is 5.42. The van der Waals surface area contributed by atoms with E-state index < -0.39 is 27.2 Å². The van der Waals surface area contributed by atoms with Gasteiger partial charge in [-0.05, 0) is 13.8 Å². The van der Waals surface area contributed by atoms with Crippen LogP contribution in [0.4, 0.5) is 18.0 Å². The number of amides is 3. The maximum atomic E-state index is 11.2. The summed E-state index contributed by atoms with van der Waals surface area (Å²) in [6, 6.07) is -0.403. The summed E-state index contributed by atoms with van der Waals surface area (Å²) < 4.78 is 59.7. The third-order valence-corrected chi connectivity index (χ3v) is 4.22. The fourth-order valence-electron chi connectivity index (χ4n) is 0.727. The third kappa shape index (κ3) is 4.03. The summed E-state index contributed by atoms with van der Waals surface area (Å²) >= 11 is 5.84. The maximum absolute atomic E-state index is 11.2. The van der Waals surface area contributed by atoms with Crippen molar-refractivity contribution in [3.05, 3.63) is 0 Å². The van der Waals surface area contributed by atoms with Crippen LogP contribution in [0.25, 0.3) is 0 Å². The van der Waals surface area contributed by atoms with Gasteiger partial charge in [-0.15, -0.1) is 0 Å². The molecule has 1 saturated heterocycles. The lowest BCUT2D eigenvalue weighted by atomic mass is 10.1. The molecule has 7 nitrogen and oxygen atoms in total. The number of halogens is 5. The van der Waals surface area contributed by atoms with Gasteiger partial charge in [0.2, 0.25) is 0 Å². The molecule has 1 N–H and O–H groups in total. The normalized spacial score (nSPS) is 19.4. The third-order valence-electron chi connectivity index (χ3n) is 1.82. The first-order valence-corrected chi connectivity index (χ1v) is 7.04. The first-order chi connectivity index (χ1) is 8.14. The van der Waals surface area contributed by atoms with Crippen LogP contribution in [0.2, 0.25) is 0 Å². The number of carbonyl (C=O) groups excluding carboxylic acids is 2. The fraction of sp³-hybridized carbons (Fsp3) is 0.667. The van der Waals surface area contributed by atoms with Gasteiger partial charge in [0.05, 0.1) is 32.3 Å². The molecule has 112 valence electrons. The molecule has 0 saturated carbocycles. The van der Waals surface area contributed by atoms with Crippen molar-refractivity contribution in [1.29, 1.82) is 0 Å². The van der Waals surface area contributed by atoms with E-state index in [1.165, 1.54) is 3.93 Å². The number of imide groups is 1. The minimum Gasteiger partial charge on any atom is -0.279 e. The minimum atomic E-state index is -5.84. The summed E-state index contributed by atoms with van der Waals surface area (Å²) in [6.45, 7) is 3.31. The highest BCUT2D eigenvalue weighted by Gasteiger charge is 2.50. The van der Waals surface area contributed by atoms with Crippen LogP contribution < -0.4 is 0 Å². The van der Waals surface area contributed by atoms with E-state index in [1.807, 2.05) is 0 Å². The zero-order valence-corrected chi connectivity index (χ0v) is 13.3. The predicted octanol–water partition coefficient (Wildman–Crippen LogP) is 2.04. The smallest absolute Gasteiger partial charge is 0.279 e. The van der Waals surface area contributed by atoms with Gasteiger partial charge in [0.15, 0.2) is 0 Å². The number of carbonyl (C=O) groups is 2. The second-order valence-electron chi connectivity index (χ2n) is 3.63. The fourth-order valence-corrected chi connectivity index (χ4v) is 1.84. The summed E-state index contributed by atoms with van der Waals surface area (Å²) in [7, 11) is -5.84. The molecular weight excluding hydrogens is 429 g/mol. The standard InChI is InChI=1S/C5H6Br2N2O2.CHF3O3S/c1-5(2)3(10)8(6)4(11)9(5)7;2-1(3,4)8(5,6)7/h1-2H3;(H,5,6,7). The van der Waals surface area contributed by atoms with Crippen molar-refractivity contribution >= 4 is 54.4 Å². The first kappa shape index (κ1) is 18.6. The molecule has 0 bridgehead atoms. The summed E-state index contributed by atoms with van der Waals surface area (Å²) in [4.78, 5) is 22.3. The van der Waals surface area contributed by atoms with Gasteiger partial charge in [0, 0.05) is 0 Å². The monoisotopic (exact) mass is 434 g/mol. The second kappa shape index (κ2) is 5.54. The van der Waals surface area contributed by atoms with Gasteiger partial charge in [-0.2, -0.15) is 25.5 Å². The van der Waals surface area contributed by atoms with E-state index in [-0.39, 0.29) is 5.91 Å². The zero-order valence-electron chi connectivity index (χ0n) is 9.27. The van der Waals surface area contributed by atoms with E-state index in [2.05, 4.69) is 32.3 Å². The largest absolute Gasteiger partial charge is 0.522 e. The van der Waals surface area contributed by atoms with E-state index in [0.29, 0.717) is 0 Å². The molecule has 1 fully saturated rings. The van der Waals surface area contributed by atoms with Crippen LogP contribution in [0.15, 0.2) is 0 Å². The second-order valence-corrected chi connectivity index (χ2v) is 6.46. The number of alkyl halides is 3. The highest BCUT2D eigenvalue weighted by molar-refractivity contribution is 9.08. The maximum Gasteiger partial charge on any atom is 0.522 e. The Labute approximate surface area is 123 Å². The highest BCUT2D eigenvalue weighted by atomic mass is 79.9. The summed E-state index contributed by atoms with van der Waals surface area (Å²) in [5.41, 5.74) is -6.34. The van der Waals surface area contributed by atoms with Gasteiger partial charge in [0.1, 0.15) is 5.54 Å². The van der Waals surface area contributed by atoms with E-state index in [0.717, 1.165) is 3.93 Å². The molecule has 0 radical (unpaired) electrons. The van der Waals surface area contributed by atoms with Crippen molar-refractivity contribution in [3.8, 4) is 0 Å². The molecule has 0 aromatic heterocycles. The molecule has 13 heteroatoms. The van der Waals surface area contributed by atoms with Crippen LogP contribution in [0.5, 0.6) is 0 Å². The number of rotatable bonds is 0. The van der Waals surface area contributed by atoms with Crippen molar-refractivity contribution in [1.82, 2.24) is 7.85 Å². The molecule has 0 aromatic rings. The summed E-state index contributed by atoms with van der Waals surface area (Å²) in [5.74, 6) is -0.278. The first-order valence-electron chi connectivity index (χ1n) is 4.18. The lowest BCUT2D eigenvalue weighted by molar-refractivity contribution is -0.127. The zero-order chi connectivity index (χ0) is 15.8. The van der Waals surface area contributed by atoms with Gasteiger partial charge in [-0.25, -0.2) is 8.72 Å². The minimum absolute atomic E-state index is 0.278. The quantitative estimate of drug-likeness (QED) is 0.272. The van der Waals surface area contributed by atoms with Crippen molar-refractivity contribution in [3.63, 3.8) is 0 Å². The molecule has 0 aliphatic carbocycles. The van der Waals surface area contributed by atoms with Crippen molar-refractivity contribution in [2.75, 3.05) is 0 Å². The lowest BCUT2D eigenvalue weighted by Gasteiger charge is -2.19. The number of nitrogens with zero attached hydrogens (tertiary/aromatic N) is 2. The van der Waals surface area contributed by atoms with Crippen LogP contribution in [0.1, 0.15) is 13.8 Å². The average molecular weight is 436 g/mol. The van der Waals surface area contributed by atoms with Gasteiger partial charge in [-0.3, -0.25) is 9.35 Å². The van der Waals surface area contributed by atoms with Crippen LogP contribution >= 0.6 is 32.3 Å². The number of urea groups is 1. The topological polar surface area (TPSA) is 95.0 Å². The van der Waals surface area contributed by atoms with Crippen LogP contribution in [-0.4, -0.2) is 43.8 Å². The van der Waals surface area contributed by atoms with Gasteiger partial charge in [0.25, 0.3) is 5.91 Å². The van der Waals surface area contributed by atoms with E-state index >= 15 is 0 Å². The molecule has 1 aliphatic rings. The Morgan fingerprint density at radius 2 is 1.53 bits per heavy atom. The Bertz CT molecular complexity index is 492. The molecule has 0 spiro atoms. The predicted molar refractivity (Wildman–Crippen MR) is 63.6 cm³/mol. The number of hydrogen-bond acceptors (Lipinski definition) is 4. The Morgan fingerprint density at radius 3 is 1.58 bits per heavy atom. The van der Waals surface area contributed by atoms with Crippen molar-refractivity contribution < 1.29 is 35.7 Å². The molecule has 1 aliphatic heterocycles. The molecule has 19 heavy (non-hydrogen) atoms. The molecule has 1 heterocycles. The molecule has 0 unspecified atom stereocenters. The van der Waals surface area contributed by atoms with E-state index in [1.54, 1.807) is 13.8 Å². The van der Waals surface area contributed by atoms with Gasteiger partial charge < -0.3 is 0 Å². The van der Waals surface area contributed by atoms with Crippen LogP contribution in [0.3, 0.4) is 0 Å². The van der Waals surface area contributed by atoms with Gasteiger partial charge >= 0.3 is 21.7 Å². The molecular formula is C6H7Br2F3N2O5S. The SMILES string of the molecule is CC1(C)C(=O)N(Br)C(=O)N1Br.O=S(=O)(O)C(F)(F)F. The number of hydrogen-bond donors (Lipinski definition) is 1. The molecule has 3 amide bonds. The highest BCUT2D eigenvalue weighted by Crippen LogP contribution is 2.32. The van der Waals surface area contributed by atoms with E-state index in [4.69, 9.17) is 13.0 Å². The van der Waals surface area contributed by atoms with Crippen LogP contribution in [-0.2, 0) is 14.9 Å². The van der Waals surface area contributed by atoms with Crippen molar-refractivity contribution in [2.45, 2.75) is 24.9 Å². The van der Waals surface area contributed by atoms with E-state index in [9.17, 15) is 22.8 Å². The Balaban J connectivity index is 0.000000362. The lowest BCUT2D eigenvalue weighted by Crippen LogP contribution is -2.37. The Morgan fingerprint density at radius 1 is 1.21 bits per heavy atom. The molecule has 1 rings (SSSR count). The average Bonchev–Trinajstić information content (AvgIpc) is 2.33. The molecule has 0 aromatic carbocycles.